The Morgan fingerprint density at radius 1 is 0.895 bits per heavy atom. The molecule has 1 heterocycles. The Morgan fingerprint density at radius 3 is 2.18 bits per heavy atom. The second-order valence-corrected chi connectivity index (χ2v) is 10.6. The molecular formula is C30H33N3O4S. The number of hydrogen-bond donors (Lipinski definition) is 0. The van der Waals surface area contributed by atoms with Gasteiger partial charge >= 0.3 is 0 Å². The topological polar surface area (TPSA) is 75.5 Å². The van der Waals surface area contributed by atoms with Gasteiger partial charge in [-0.15, -0.1) is 10.2 Å². The summed E-state index contributed by atoms with van der Waals surface area (Å²) < 4.78 is 18.3. The van der Waals surface area contributed by atoms with Gasteiger partial charge in [-0.05, 0) is 60.4 Å². The highest BCUT2D eigenvalue weighted by Gasteiger charge is 2.21. The van der Waals surface area contributed by atoms with Crippen LogP contribution in [0.5, 0.6) is 17.2 Å². The van der Waals surface area contributed by atoms with Gasteiger partial charge in [0.2, 0.25) is 0 Å². The number of rotatable bonds is 10. The van der Waals surface area contributed by atoms with Crippen LogP contribution in [0, 0.1) is 0 Å². The van der Waals surface area contributed by atoms with Crippen molar-refractivity contribution in [1.82, 2.24) is 14.8 Å². The second kappa shape index (κ2) is 11.7. The highest BCUT2D eigenvalue weighted by molar-refractivity contribution is 7.99. The van der Waals surface area contributed by atoms with Crippen molar-refractivity contribution in [3.05, 3.63) is 77.9 Å². The lowest BCUT2D eigenvalue weighted by molar-refractivity contribution is 0.101. The lowest BCUT2D eigenvalue weighted by atomic mass is 9.87. The summed E-state index contributed by atoms with van der Waals surface area (Å²) in [7, 11) is 3.12. The quantitative estimate of drug-likeness (QED) is 0.168. The van der Waals surface area contributed by atoms with Crippen LogP contribution in [-0.2, 0) is 5.41 Å². The molecule has 7 nitrogen and oxygen atoms in total. The predicted molar refractivity (Wildman–Crippen MR) is 151 cm³/mol. The fourth-order valence-corrected chi connectivity index (χ4v) is 4.84. The first-order chi connectivity index (χ1) is 18.2. The third-order valence-corrected chi connectivity index (χ3v) is 7.02. The van der Waals surface area contributed by atoms with E-state index in [1.807, 2.05) is 35.8 Å². The van der Waals surface area contributed by atoms with E-state index in [-0.39, 0.29) is 17.0 Å². The van der Waals surface area contributed by atoms with E-state index in [4.69, 9.17) is 14.2 Å². The Balaban J connectivity index is 1.69. The minimum absolute atomic E-state index is 0.0455. The van der Waals surface area contributed by atoms with Gasteiger partial charge in [0.1, 0.15) is 17.2 Å². The number of nitrogens with zero attached hydrogens (tertiary/aromatic N) is 3. The van der Waals surface area contributed by atoms with Gasteiger partial charge in [0.25, 0.3) is 0 Å². The van der Waals surface area contributed by atoms with Crippen molar-refractivity contribution in [3.8, 4) is 34.3 Å². The van der Waals surface area contributed by atoms with Crippen LogP contribution in [0.2, 0.25) is 0 Å². The minimum atomic E-state index is -0.0944. The predicted octanol–water partition coefficient (Wildman–Crippen LogP) is 6.62. The summed E-state index contributed by atoms with van der Waals surface area (Å²) >= 11 is 1.33. The minimum Gasteiger partial charge on any atom is -0.497 e. The lowest BCUT2D eigenvalue weighted by Gasteiger charge is -2.19. The summed E-state index contributed by atoms with van der Waals surface area (Å²) in [6, 6.07) is 21.4. The standard InChI is InChI=1S/C30H33N3O4S/c1-7-37-23-14-12-22(13-15-23)33-28(20-8-10-21(11-9-20)30(2,3)4)31-32-29(33)38-19-26(34)25-18-24(35-5)16-17-27(25)36-6/h8-18H,7,19H2,1-6H3. The SMILES string of the molecule is CCOc1ccc(-n2c(SCC(=O)c3cc(OC)ccc3OC)nnc2-c2ccc(C(C)(C)C)cc2)cc1. The summed E-state index contributed by atoms with van der Waals surface area (Å²) in [6.45, 7) is 9.11. The molecule has 8 heteroatoms. The van der Waals surface area contributed by atoms with E-state index in [9.17, 15) is 4.79 Å². The van der Waals surface area contributed by atoms with Crippen molar-refractivity contribution in [2.45, 2.75) is 38.3 Å². The third kappa shape index (κ3) is 6.02. The zero-order valence-corrected chi connectivity index (χ0v) is 23.5. The van der Waals surface area contributed by atoms with Crippen molar-refractivity contribution < 1.29 is 19.0 Å². The Hall–Kier alpha value is -3.78. The summed E-state index contributed by atoms with van der Waals surface area (Å²) in [5.41, 5.74) is 3.56. The van der Waals surface area contributed by atoms with Crippen LogP contribution in [0.4, 0.5) is 0 Å². The Kier molecular flexibility index (Phi) is 8.42. The van der Waals surface area contributed by atoms with Crippen molar-refractivity contribution >= 4 is 17.5 Å². The van der Waals surface area contributed by atoms with Crippen LogP contribution in [0.1, 0.15) is 43.6 Å². The summed E-state index contributed by atoms with van der Waals surface area (Å²) in [4.78, 5) is 13.2. The summed E-state index contributed by atoms with van der Waals surface area (Å²) in [5, 5.41) is 9.62. The molecule has 1 aromatic heterocycles. The zero-order valence-electron chi connectivity index (χ0n) is 22.6. The Morgan fingerprint density at radius 2 is 1.58 bits per heavy atom. The molecule has 0 atom stereocenters. The normalized spacial score (nSPS) is 11.3. The van der Waals surface area contributed by atoms with Gasteiger partial charge in [0.05, 0.1) is 32.1 Å². The molecule has 0 fully saturated rings. The average Bonchev–Trinajstić information content (AvgIpc) is 3.35. The highest BCUT2D eigenvalue weighted by Crippen LogP contribution is 2.32. The van der Waals surface area contributed by atoms with E-state index < -0.39 is 0 Å². The molecule has 4 aromatic rings. The lowest BCUT2D eigenvalue weighted by Crippen LogP contribution is -2.10. The molecule has 3 aromatic carbocycles. The molecule has 0 saturated heterocycles. The van der Waals surface area contributed by atoms with E-state index in [0.717, 1.165) is 17.0 Å². The molecule has 4 rings (SSSR count). The van der Waals surface area contributed by atoms with E-state index in [1.54, 1.807) is 32.4 Å². The average molecular weight is 532 g/mol. The van der Waals surface area contributed by atoms with Gasteiger partial charge in [-0.3, -0.25) is 9.36 Å². The van der Waals surface area contributed by atoms with E-state index in [0.29, 0.717) is 34.7 Å². The van der Waals surface area contributed by atoms with Crippen molar-refractivity contribution in [2.24, 2.45) is 0 Å². The largest absolute Gasteiger partial charge is 0.497 e. The first-order valence-corrected chi connectivity index (χ1v) is 13.4. The first kappa shape index (κ1) is 27.3. The number of carbonyl (C=O) groups is 1. The van der Waals surface area contributed by atoms with Crippen LogP contribution >= 0.6 is 11.8 Å². The van der Waals surface area contributed by atoms with E-state index in [1.165, 1.54) is 17.3 Å². The van der Waals surface area contributed by atoms with Crippen LogP contribution in [0.15, 0.2) is 71.9 Å². The highest BCUT2D eigenvalue weighted by atomic mass is 32.2. The Labute approximate surface area is 228 Å². The van der Waals surface area contributed by atoms with Gasteiger partial charge < -0.3 is 14.2 Å². The maximum atomic E-state index is 13.2. The smallest absolute Gasteiger partial charge is 0.196 e. The number of ether oxygens (including phenoxy) is 3. The summed E-state index contributed by atoms with van der Waals surface area (Å²) in [6.07, 6.45) is 0. The number of thioether (sulfide) groups is 1. The number of aromatic nitrogens is 3. The molecule has 0 aliphatic carbocycles. The van der Waals surface area contributed by atoms with Crippen LogP contribution in [-0.4, -0.2) is 47.1 Å². The number of ketones is 1. The molecule has 198 valence electrons. The molecule has 0 bridgehead atoms. The van der Waals surface area contributed by atoms with E-state index >= 15 is 0 Å². The molecule has 0 N–H and O–H groups in total. The molecule has 0 aliphatic heterocycles. The molecule has 0 saturated carbocycles. The second-order valence-electron chi connectivity index (χ2n) is 9.67. The van der Waals surface area contributed by atoms with Crippen LogP contribution in [0.3, 0.4) is 0 Å². The van der Waals surface area contributed by atoms with Gasteiger partial charge in [-0.2, -0.15) is 0 Å². The molecule has 0 unspecified atom stereocenters. The van der Waals surface area contributed by atoms with E-state index in [2.05, 4.69) is 55.2 Å². The van der Waals surface area contributed by atoms with Gasteiger partial charge in [0, 0.05) is 11.3 Å². The van der Waals surface area contributed by atoms with Gasteiger partial charge in [-0.1, -0.05) is 56.8 Å². The maximum absolute atomic E-state index is 13.2. The van der Waals surface area contributed by atoms with Gasteiger partial charge in [-0.25, -0.2) is 0 Å². The van der Waals surface area contributed by atoms with Crippen LogP contribution < -0.4 is 14.2 Å². The number of carbonyl (C=O) groups excluding carboxylic acids is 1. The molecule has 38 heavy (non-hydrogen) atoms. The van der Waals surface area contributed by atoms with Crippen molar-refractivity contribution in [1.29, 1.82) is 0 Å². The molecule has 0 aliphatic rings. The number of hydrogen-bond acceptors (Lipinski definition) is 7. The van der Waals surface area contributed by atoms with Crippen molar-refractivity contribution in [2.75, 3.05) is 26.6 Å². The summed E-state index contributed by atoms with van der Waals surface area (Å²) in [5.74, 6) is 2.64. The fraction of sp³-hybridized carbons (Fsp3) is 0.300. The Bertz CT molecular complexity index is 1390. The monoisotopic (exact) mass is 531 g/mol. The number of benzene rings is 3. The fourth-order valence-electron chi connectivity index (χ4n) is 4.00. The molecule has 0 spiro atoms. The molecule has 0 radical (unpaired) electrons. The molecule has 0 amide bonds. The number of Topliss-reactive ketones (excluding diaryl/α,β-unsaturated/α-hetero) is 1. The molecular weight excluding hydrogens is 498 g/mol. The number of methoxy groups -OCH3 is 2. The zero-order chi connectivity index (χ0) is 27.3. The first-order valence-electron chi connectivity index (χ1n) is 12.4. The maximum Gasteiger partial charge on any atom is 0.196 e. The van der Waals surface area contributed by atoms with Crippen molar-refractivity contribution in [3.63, 3.8) is 0 Å². The third-order valence-electron chi connectivity index (χ3n) is 6.09. The van der Waals surface area contributed by atoms with Crippen LogP contribution in [0.25, 0.3) is 17.1 Å². The van der Waals surface area contributed by atoms with Gasteiger partial charge in [0.15, 0.2) is 16.8 Å².